The Morgan fingerprint density at radius 3 is 3.15 bits per heavy atom. The number of nitrogens with two attached hydrogens (primary N) is 1. The van der Waals surface area contributed by atoms with Gasteiger partial charge >= 0.3 is 0 Å². The van der Waals surface area contributed by atoms with Crippen LogP contribution in [0, 0.1) is 0 Å². The first-order valence-electron chi connectivity index (χ1n) is 4.79. The number of nitrogens with zero attached hydrogens (tertiary/aromatic N) is 1. The maximum Gasteiger partial charge on any atom is 0.183 e. The number of anilines is 1. The van der Waals surface area contributed by atoms with Crippen molar-refractivity contribution in [2.45, 2.75) is 31.7 Å². The molecule has 0 spiro atoms. The lowest BCUT2D eigenvalue weighted by molar-refractivity contribution is 0.816. The van der Waals surface area contributed by atoms with Crippen LogP contribution in [0.25, 0.3) is 0 Å². The molecule has 2 rings (SSSR count). The fourth-order valence-electron chi connectivity index (χ4n) is 1.17. The summed E-state index contributed by atoms with van der Waals surface area (Å²) in [6.07, 6.45) is 4.65. The van der Waals surface area contributed by atoms with Crippen LogP contribution in [-0.2, 0) is 6.42 Å². The van der Waals surface area contributed by atoms with E-state index in [-0.39, 0.29) is 0 Å². The molecule has 3 nitrogen and oxygen atoms in total. The van der Waals surface area contributed by atoms with Crippen molar-refractivity contribution in [3.05, 3.63) is 11.1 Å². The summed E-state index contributed by atoms with van der Waals surface area (Å²) in [4.78, 5) is 4.48. The van der Waals surface area contributed by atoms with Gasteiger partial charge in [0.1, 0.15) is 0 Å². The van der Waals surface area contributed by atoms with Gasteiger partial charge in [-0.1, -0.05) is 0 Å². The second kappa shape index (κ2) is 4.07. The minimum absolute atomic E-state index is 0.702. The van der Waals surface area contributed by atoms with Crippen LogP contribution < -0.4 is 11.1 Å². The predicted molar refractivity (Wildman–Crippen MR) is 56.1 cm³/mol. The SMILES string of the molecule is NCCCc1csc(NC2CC2)n1. The topological polar surface area (TPSA) is 50.9 Å². The first-order valence-corrected chi connectivity index (χ1v) is 5.67. The van der Waals surface area contributed by atoms with Gasteiger partial charge in [-0.15, -0.1) is 11.3 Å². The quantitative estimate of drug-likeness (QED) is 0.754. The highest BCUT2D eigenvalue weighted by Gasteiger charge is 2.21. The van der Waals surface area contributed by atoms with Crippen LogP contribution in [-0.4, -0.2) is 17.6 Å². The number of hydrogen-bond donors (Lipinski definition) is 2. The van der Waals surface area contributed by atoms with Crippen molar-refractivity contribution in [2.24, 2.45) is 5.73 Å². The Labute approximate surface area is 82.4 Å². The van der Waals surface area contributed by atoms with E-state index in [1.807, 2.05) is 0 Å². The van der Waals surface area contributed by atoms with E-state index in [4.69, 9.17) is 5.73 Å². The average molecular weight is 197 g/mol. The molecule has 1 aromatic rings. The highest BCUT2D eigenvalue weighted by Crippen LogP contribution is 2.26. The summed E-state index contributed by atoms with van der Waals surface area (Å²) in [6, 6.07) is 0.702. The van der Waals surface area contributed by atoms with Gasteiger partial charge in [0.05, 0.1) is 5.69 Å². The van der Waals surface area contributed by atoms with E-state index in [0.717, 1.165) is 24.5 Å². The fraction of sp³-hybridized carbons (Fsp3) is 0.667. The van der Waals surface area contributed by atoms with Gasteiger partial charge in [0.15, 0.2) is 5.13 Å². The van der Waals surface area contributed by atoms with Crippen molar-refractivity contribution < 1.29 is 0 Å². The highest BCUT2D eigenvalue weighted by atomic mass is 32.1. The van der Waals surface area contributed by atoms with Gasteiger partial charge < -0.3 is 11.1 Å². The van der Waals surface area contributed by atoms with Crippen molar-refractivity contribution in [3.63, 3.8) is 0 Å². The molecule has 1 aliphatic carbocycles. The van der Waals surface area contributed by atoms with Crippen molar-refractivity contribution in [1.82, 2.24) is 4.98 Å². The van der Waals surface area contributed by atoms with Gasteiger partial charge in [0.25, 0.3) is 0 Å². The summed E-state index contributed by atoms with van der Waals surface area (Å²) in [5.41, 5.74) is 6.61. The summed E-state index contributed by atoms with van der Waals surface area (Å²) < 4.78 is 0. The second-order valence-corrected chi connectivity index (χ2v) is 4.31. The molecule has 1 fully saturated rings. The number of rotatable bonds is 5. The van der Waals surface area contributed by atoms with Gasteiger partial charge in [-0.2, -0.15) is 0 Å². The molecular weight excluding hydrogens is 182 g/mol. The Morgan fingerprint density at radius 2 is 2.46 bits per heavy atom. The lowest BCUT2D eigenvalue weighted by Crippen LogP contribution is -2.02. The molecule has 1 saturated carbocycles. The Bertz CT molecular complexity index is 268. The van der Waals surface area contributed by atoms with E-state index in [9.17, 15) is 0 Å². The zero-order chi connectivity index (χ0) is 9.10. The average Bonchev–Trinajstić information content (AvgIpc) is 2.81. The molecule has 0 amide bonds. The second-order valence-electron chi connectivity index (χ2n) is 3.45. The largest absolute Gasteiger partial charge is 0.359 e. The highest BCUT2D eigenvalue weighted by molar-refractivity contribution is 7.13. The molecule has 1 heterocycles. The zero-order valence-electron chi connectivity index (χ0n) is 7.62. The third-order valence-corrected chi connectivity index (χ3v) is 2.92. The molecule has 1 aliphatic rings. The van der Waals surface area contributed by atoms with Gasteiger partial charge in [-0.05, 0) is 32.2 Å². The monoisotopic (exact) mass is 197 g/mol. The Balaban J connectivity index is 1.84. The third kappa shape index (κ3) is 2.67. The normalized spacial score (nSPS) is 16.1. The molecule has 4 heteroatoms. The van der Waals surface area contributed by atoms with Crippen LogP contribution in [0.3, 0.4) is 0 Å². The molecule has 0 radical (unpaired) electrons. The van der Waals surface area contributed by atoms with Crippen molar-refractivity contribution in [1.29, 1.82) is 0 Å². The van der Waals surface area contributed by atoms with E-state index in [2.05, 4.69) is 15.7 Å². The maximum absolute atomic E-state index is 5.43. The van der Waals surface area contributed by atoms with Gasteiger partial charge in [0.2, 0.25) is 0 Å². The summed E-state index contributed by atoms with van der Waals surface area (Å²) in [7, 11) is 0. The van der Waals surface area contributed by atoms with Crippen LogP contribution in [0.4, 0.5) is 5.13 Å². The summed E-state index contributed by atoms with van der Waals surface area (Å²) in [6.45, 7) is 0.753. The van der Waals surface area contributed by atoms with Crippen LogP contribution in [0.1, 0.15) is 25.0 Å². The molecule has 0 bridgehead atoms. The minimum Gasteiger partial charge on any atom is -0.359 e. The van der Waals surface area contributed by atoms with Gasteiger partial charge in [-0.25, -0.2) is 4.98 Å². The molecule has 72 valence electrons. The summed E-state index contributed by atoms with van der Waals surface area (Å²) in [5, 5.41) is 6.59. The van der Waals surface area contributed by atoms with Crippen LogP contribution in [0.15, 0.2) is 5.38 Å². The molecule has 13 heavy (non-hydrogen) atoms. The van der Waals surface area contributed by atoms with Crippen molar-refractivity contribution in [3.8, 4) is 0 Å². The number of thiazole rings is 1. The molecule has 1 aromatic heterocycles. The fourth-order valence-corrected chi connectivity index (χ4v) is 2.00. The van der Waals surface area contributed by atoms with Crippen LogP contribution >= 0.6 is 11.3 Å². The Kier molecular flexibility index (Phi) is 2.80. The number of aryl methyl sites for hydroxylation is 1. The van der Waals surface area contributed by atoms with Gasteiger partial charge in [0, 0.05) is 11.4 Å². The minimum atomic E-state index is 0.702. The molecule has 0 aromatic carbocycles. The zero-order valence-corrected chi connectivity index (χ0v) is 8.44. The lowest BCUT2D eigenvalue weighted by atomic mass is 10.2. The predicted octanol–water partition coefficient (Wildman–Crippen LogP) is 1.61. The van der Waals surface area contributed by atoms with Crippen LogP contribution in [0.2, 0.25) is 0 Å². The third-order valence-electron chi connectivity index (χ3n) is 2.09. The van der Waals surface area contributed by atoms with E-state index in [1.165, 1.54) is 18.5 Å². The molecular formula is C9H15N3S. The first kappa shape index (κ1) is 8.97. The smallest absolute Gasteiger partial charge is 0.183 e. The first-order chi connectivity index (χ1) is 6.38. The number of hydrogen-bond acceptors (Lipinski definition) is 4. The summed E-state index contributed by atoms with van der Waals surface area (Å²) in [5.74, 6) is 0. The maximum atomic E-state index is 5.43. The summed E-state index contributed by atoms with van der Waals surface area (Å²) >= 11 is 1.71. The number of nitrogens with one attached hydrogen (secondary N) is 1. The van der Waals surface area contributed by atoms with Crippen molar-refractivity contribution in [2.75, 3.05) is 11.9 Å². The lowest BCUT2D eigenvalue weighted by Gasteiger charge is -1.96. The molecule has 0 unspecified atom stereocenters. The standard InChI is InChI=1S/C9H15N3S/c10-5-1-2-8-6-13-9(12-8)11-7-3-4-7/h6-7H,1-5,10H2,(H,11,12). The Morgan fingerprint density at radius 1 is 1.62 bits per heavy atom. The Hall–Kier alpha value is -0.610. The van der Waals surface area contributed by atoms with E-state index in [0.29, 0.717) is 6.04 Å². The van der Waals surface area contributed by atoms with Gasteiger partial charge in [-0.3, -0.25) is 0 Å². The molecule has 0 atom stereocenters. The van der Waals surface area contributed by atoms with E-state index >= 15 is 0 Å². The molecule has 0 saturated heterocycles. The number of aromatic nitrogens is 1. The van der Waals surface area contributed by atoms with E-state index < -0.39 is 0 Å². The molecule has 3 N–H and O–H groups in total. The molecule has 0 aliphatic heterocycles. The van der Waals surface area contributed by atoms with E-state index in [1.54, 1.807) is 11.3 Å². The van der Waals surface area contributed by atoms with Crippen LogP contribution in [0.5, 0.6) is 0 Å². The van der Waals surface area contributed by atoms with Crippen molar-refractivity contribution >= 4 is 16.5 Å².